The summed E-state index contributed by atoms with van der Waals surface area (Å²) < 4.78 is 1.78. The number of benzene rings is 1. The van der Waals surface area contributed by atoms with E-state index in [2.05, 4.69) is 14.9 Å². The van der Waals surface area contributed by atoms with Gasteiger partial charge in [0.1, 0.15) is 0 Å². The average molecular weight is 289 g/mol. The molecule has 0 unspecified atom stereocenters. The van der Waals surface area contributed by atoms with Gasteiger partial charge >= 0.3 is 5.69 Å². The number of nitrogens with two attached hydrogens (primary N) is 1. The summed E-state index contributed by atoms with van der Waals surface area (Å²) in [5.74, 6) is 0. The zero-order valence-electron chi connectivity index (χ0n) is 12.3. The Morgan fingerprint density at radius 2 is 1.86 bits per heavy atom. The lowest BCUT2D eigenvalue weighted by Crippen LogP contribution is -2.53. The molecule has 1 aliphatic heterocycles. The second kappa shape index (κ2) is 6.32. The molecule has 0 amide bonds. The first-order chi connectivity index (χ1) is 10.3. The van der Waals surface area contributed by atoms with E-state index < -0.39 is 0 Å². The average Bonchev–Trinajstić information content (AvgIpc) is 2.84. The van der Waals surface area contributed by atoms with Crippen LogP contribution in [-0.4, -0.2) is 53.8 Å². The van der Waals surface area contributed by atoms with E-state index in [1.807, 2.05) is 24.3 Å². The lowest BCUT2D eigenvalue weighted by atomic mass is 10.2. The molecular formula is C15H23N5O. The van der Waals surface area contributed by atoms with Crippen LogP contribution < -0.4 is 16.4 Å². The van der Waals surface area contributed by atoms with Crippen LogP contribution in [0.3, 0.4) is 0 Å². The number of piperazine rings is 1. The lowest BCUT2D eigenvalue weighted by molar-refractivity contribution is 0.236. The van der Waals surface area contributed by atoms with E-state index in [1.54, 1.807) is 4.68 Å². The Balaban J connectivity index is 1.68. The second-order valence-corrected chi connectivity index (χ2v) is 5.55. The first-order valence-electron chi connectivity index (χ1n) is 7.67. The highest BCUT2D eigenvalue weighted by atomic mass is 16.2. The fourth-order valence-corrected chi connectivity index (χ4v) is 2.96. The van der Waals surface area contributed by atoms with Gasteiger partial charge in [-0.3, -0.25) is 4.90 Å². The van der Waals surface area contributed by atoms with Crippen LogP contribution in [0.2, 0.25) is 0 Å². The minimum atomic E-state index is -0.0484. The molecule has 0 spiro atoms. The summed E-state index contributed by atoms with van der Waals surface area (Å²) in [7, 11) is 0. The van der Waals surface area contributed by atoms with Gasteiger partial charge in [-0.25, -0.2) is 9.47 Å². The molecule has 6 heteroatoms. The monoisotopic (exact) mass is 289 g/mol. The number of nitrogens with zero attached hydrogens (tertiary/aromatic N) is 3. The molecule has 0 aliphatic carbocycles. The van der Waals surface area contributed by atoms with Crippen molar-refractivity contribution in [3.05, 3.63) is 34.7 Å². The molecule has 1 aromatic heterocycles. The van der Waals surface area contributed by atoms with Crippen molar-refractivity contribution in [3.8, 4) is 0 Å². The largest absolute Gasteiger partial charge is 0.345 e. The molecule has 0 saturated carbocycles. The van der Waals surface area contributed by atoms with Crippen LogP contribution in [0.4, 0.5) is 0 Å². The Hall–Kier alpha value is -1.79. The first kappa shape index (κ1) is 14.2. The van der Waals surface area contributed by atoms with Crippen molar-refractivity contribution >= 4 is 11.0 Å². The van der Waals surface area contributed by atoms with Gasteiger partial charge in [0.15, 0.2) is 0 Å². The SMILES string of the molecule is NCCCCN1CCN(n2c(=O)[nH]c3ccccc32)CC1. The number of aromatic nitrogens is 2. The summed E-state index contributed by atoms with van der Waals surface area (Å²) in [6, 6.07) is 7.84. The second-order valence-electron chi connectivity index (χ2n) is 5.55. The number of unbranched alkanes of at least 4 members (excludes halogenated alkanes) is 1. The van der Waals surface area contributed by atoms with Gasteiger partial charge in [0, 0.05) is 26.2 Å². The molecule has 0 bridgehead atoms. The van der Waals surface area contributed by atoms with Crippen molar-refractivity contribution in [2.45, 2.75) is 12.8 Å². The molecule has 3 rings (SSSR count). The molecule has 3 N–H and O–H groups in total. The van der Waals surface area contributed by atoms with Crippen molar-refractivity contribution in [2.24, 2.45) is 5.73 Å². The molecule has 1 aromatic carbocycles. The van der Waals surface area contributed by atoms with Crippen molar-refractivity contribution in [2.75, 3.05) is 44.3 Å². The first-order valence-corrected chi connectivity index (χ1v) is 7.67. The Labute approximate surface area is 124 Å². The van der Waals surface area contributed by atoms with E-state index in [9.17, 15) is 4.79 Å². The maximum absolute atomic E-state index is 12.2. The molecule has 0 radical (unpaired) electrons. The molecule has 2 heterocycles. The highest BCUT2D eigenvalue weighted by molar-refractivity contribution is 5.75. The summed E-state index contributed by atoms with van der Waals surface area (Å²) >= 11 is 0. The summed E-state index contributed by atoms with van der Waals surface area (Å²) in [6.07, 6.45) is 2.24. The third kappa shape index (κ3) is 2.96. The number of hydrogen-bond acceptors (Lipinski definition) is 4. The molecule has 1 saturated heterocycles. The normalized spacial score (nSPS) is 16.7. The van der Waals surface area contributed by atoms with Crippen LogP contribution in [0.25, 0.3) is 11.0 Å². The van der Waals surface area contributed by atoms with Gasteiger partial charge in [-0.15, -0.1) is 0 Å². The van der Waals surface area contributed by atoms with Gasteiger partial charge in [0.2, 0.25) is 0 Å². The van der Waals surface area contributed by atoms with Gasteiger partial charge in [-0.05, 0) is 38.1 Å². The van der Waals surface area contributed by atoms with E-state index in [1.165, 1.54) is 0 Å². The van der Waals surface area contributed by atoms with E-state index in [-0.39, 0.29) is 5.69 Å². The third-order valence-corrected chi connectivity index (χ3v) is 4.13. The number of fused-ring (bicyclic) bond motifs is 1. The van der Waals surface area contributed by atoms with Crippen LogP contribution in [-0.2, 0) is 0 Å². The predicted octanol–water partition coefficient (Wildman–Crippen LogP) is 0.322. The molecular weight excluding hydrogens is 266 g/mol. The van der Waals surface area contributed by atoms with Crippen LogP contribution in [0.5, 0.6) is 0 Å². The standard InChI is InChI=1S/C15H23N5O/c16-7-3-4-8-18-9-11-19(12-10-18)20-14-6-2-1-5-13(14)17-15(20)21/h1-2,5-6H,3-4,7-12,16H2,(H,17,21). The zero-order chi connectivity index (χ0) is 14.7. The van der Waals surface area contributed by atoms with E-state index in [0.717, 1.165) is 63.1 Å². The fourth-order valence-electron chi connectivity index (χ4n) is 2.96. The number of H-pyrrole nitrogens is 1. The van der Waals surface area contributed by atoms with Gasteiger partial charge in [0.25, 0.3) is 0 Å². The van der Waals surface area contributed by atoms with Gasteiger partial charge in [-0.2, -0.15) is 0 Å². The van der Waals surface area contributed by atoms with Gasteiger partial charge in [0.05, 0.1) is 11.0 Å². The Morgan fingerprint density at radius 3 is 2.62 bits per heavy atom. The topological polar surface area (TPSA) is 70.3 Å². The minimum Gasteiger partial charge on any atom is -0.330 e. The predicted molar refractivity (Wildman–Crippen MR) is 85.2 cm³/mol. The van der Waals surface area contributed by atoms with Crippen molar-refractivity contribution < 1.29 is 0 Å². The number of aromatic amines is 1. The molecule has 6 nitrogen and oxygen atoms in total. The third-order valence-electron chi connectivity index (χ3n) is 4.13. The number of para-hydroxylation sites is 2. The van der Waals surface area contributed by atoms with Crippen LogP contribution >= 0.6 is 0 Å². The van der Waals surface area contributed by atoms with Crippen molar-refractivity contribution in [1.82, 2.24) is 14.6 Å². The molecule has 21 heavy (non-hydrogen) atoms. The maximum Gasteiger partial charge on any atom is 0.345 e. The molecule has 1 aliphatic rings. The maximum atomic E-state index is 12.2. The van der Waals surface area contributed by atoms with Crippen molar-refractivity contribution in [1.29, 1.82) is 0 Å². The quantitative estimate of drug-likeness (QED) is 0.778. The van der Waals surface area contributed by atoms with Crippen LogP contribution in [0.15, 0.2) is 29.1 Å². The van der Waals surface area contributed by atoms with E-state index >= 15 is 0 Å². The van der Waals surface area contributed by atoms with Gasteiger partial charge in [-0.1, -0.05) is 12.1 Å². The Kier molecular flexibility index (Phi) is 4.26. The van der Waals surface area contributed by atoms with E-state index in [4.69, 9.17) is 5.73 Å². The molecule has 2 aromatic rings. The van der Waals surface area contributed by atoms with Gasteiger partial charge < -0.3 is 15.7 Å². The highest BCUT2D eigenvalue weighted by Gasteiger charge is 2.19. The lowest BCUT2D eigenvalue weighted by Gasteiger charge is -2.36. The Morgan fingerprint density at radius 1 is 1.10 bits per heavy atom. The smallest absolute Gasteiger partial charge is 0.330 e. The Bertz CT molecular complexity index is 639. The van der Waals surface area contributed by atoms with Crippen LogP contribution in [0.1, 0.15) is 12.8 Å². The number of nitrogens with one attached hydrogen (secondary N) is 1. The minimum absolute atomic E-state index is 0.0484. The van der Waals surface area contributed by atoms with E-state index in [0.29, 0.717) is 0 Å². The summed E-state index contributed by atoms with van der Waals surface area (Å²) in [5, 5.41) is 2.14. The number of hydrogen-bond donors (Lipinski definition) is 2. The summed E-state index contributed by atoms with van der Waals surface area (Å²) in [4.78, 5) is 17.5. The fraction of sp³-hybridized carbons (Fsp3) is 0.533. The molecule has 114 valence electrons. The number of rotatable bonds is 5. The van der Waals surface area contributed by atoms with Crippen molar-refractivity contribution in [3.63, 3.8) is 0 Å². The highest BCUT2D eigenvalue weighted by Crippen LogP contribution is 2.11. The zero-order valence-corrected chi connectivity index (χ0v) is 12.3. The number of imidazole rings is 1. The van der Waals surface area contributed by atoms with Crippen LogP contribution in [0, 0.1) is 0 Å². The summed E-state index contributed by atoms with van der Waals surface area (Å²) in [5.41, 5.74) is 7.34. The molecule has 0 atom stereocenters. The molecule has 1 fully saturated rings. The summed E-state index contributed by atoms with van der Waals surface area (Å²) in [6.45, 7) is 5.63.